The molecule has 1 atom stereocenters. The monoisotopic (exact) mass is 345 g/mol. The van der Waals surface area contributed by atoms with Crippen LogP contribution in [0.25, 0.3) is 11.1 Å². The third-order valence-corrected chi connectivity index (χ3v) is 4.49. The van der Waals surface area contributed by atoms with E-state index in [1.54, 1.807) is 13.0 Å². The minimum Gasteiger partial charge on any atom is -0.507 e. The highest BCUT2D eigenvalue weighted by Gasteiger charge is 2.26. The van der Waals surface area contributed by atoms with Crippen molar-refractivity contribution in [1.82, 2.24) is 4.98 Å². The Morgan fingerprint density at radius 1 is 1.04 bits per heavy atom. The number of nitrogens with zero attached hydrogens (tertiary/aromatic N) is 1. The number of hydrogen-bond acceptors (Lipinski definition) is 3. The van der Waals surface area contributed by atoms with Gasteiger partial charge < -0.3 is 10.2 Å². The molecule has 3 nitrogen and oxygen atoms in total. The predicted molar refractivity (Wildman–Crippen MR) is 99.5 cm³/mol. The van der Waals surface area contributed by atoms with E-state index in [1.807, 2.05) is 20.8 Å². The molecule has 0 spiro atoms. The van der Waals surface area contributed by atoms with Crippen LogP contribution in [0.3, 0.4) is 0 Å². The summed E-state index contributed by atoms with van der Waals surface area (Å²) in [4.78, 5) is 4.88. The van der Waals surface area contributed by atoms with Crippen LogP contribution >= 0.6 is 0 Å². The van der Waals surface area contributed by atoms with Crippen molar-refractivity contribution in [3.8, 4) is 16.9 Å². The van der Waals surface area contributed by atoms with Gasteiger partial charge in [0.15, 0.2) is 0 Å². The molecule has 1 aromatic carbocycles. The van der Waals surface area contributed by atoms with Crippen LogP contribution in [-0.4, -0.2) is 15.2 Å². The zero-order valence-electron chi connectivity index (χ0n) is 15.9. The summed E-state index contributed by atoms with van der Waals surface area (Å²) in [6.45, 7) is 12.0. The Labute approximate surface area is 149 Å². The van der Waals surface area contributed by atoms with Gasteiger partial charge >= 0.3 is 0 Å². The molecule has 25 heavy (non-hydrogen) atoms. The second-order valence-electron chi connectivity index (χ2n) is 7.15. The summed E-state index contributed by atoms with van der Waals surface area (Å²) in [6, 6.07) is 4.04. The summed E-state index contributed by atoms with van der Waals surface area (Å²) in [5.41, 5.74) is 4.84. The van der Waals surface area contributed by atoms with Gasteiger partial charge in [0.25, 0.3) is 0 Å². The number of halogens is 1. The van der Waals surface area contributed by atoms with Gasteiger partial charge in [0, 0.05) is 28.6 Å². The number of aromatic hydroxyl groups is 1. The van der Waals surface area contributed by atoms with Crippen LogP contribution in [0.15, 0.2) is 18.2 Å². The summed E-state index contributed by atoms with van der Waals surface area (Å²) in [6.07, 6.45) is -0.0269. The molecule has 0 aliphatic rings. The van der Waals surface area contributed by atoms with E-state index in [2.05, 4.69) is 13.8 Å². The highest BCUT2D eigenvalue weighted by Crippen LogP contribution is 2.42. The van der Waals surface area contributed by atoms with Crippen molar-refractivity contribution in [2.45, 2.75) is 65.9 Å². The average molecular weight is 345 g/mol. The quantitative estimate of drug-likeness (QED) is 0.757. The highest BCUT2D eigenvalue weighted by molar-refractivity contribution is 5.78. The molecule has 0 saturated heterocycles. The number of aliphatic hydroxyl groups is 1. The Hall–Kier alpha value is -1.94. The van der Waals surface area contributed by atoms with E-state index in [4.69, 9.17) is 4.98 Å². The molecule has 1 aromatic heterocycles. The van der Waals surface area contributed by atoms with Crippen LogP contribution in [0.2, 0.25) is 0 Å². The molecule has 0 unspecified atom stereocenters. The van der Waals surface area contributed by atoms with Crippen LogP contribution < -0.4 is 0 Å². The second-order valence-corrected chi connectivity index (χ2v) is 7.15. The maximum absolute atomic E-state index is 13.5. The average Bonchev–Trinajstić information content (AvgIpc) is 2.52. The summed E-state index contributed by atoms with van der Waals surface area (Å²) in [5, 5.41) is 20.9. The molecular weight excluding hydrogens is 317 g/mol. The first-order chi connectivity index (χ1) is 11.7. The summed E-state index contributed by atoms with van der Waals surface area (Å²) in [5.74, 6) is -0.279. The van der Waals surface area contributed by atoms with Crippen molar-refractivity contribution in [2.24, 2.45) is 0 Å². The number of rotatable bonds is 5. The van der Waals surface area contributed by atoms with Crippen molar-refractivity contribution in [3.05, 3.63) is 46.5 Å². The van der Waals surface area contributed by atoms with Gasteiger partial charge in [-0.3, -0.25) is 4.98 Å². The van der Waals surface area contributed by atoms with Gasteiger partial charge in [-0.1, -0.05) is 34.6 Å². The van der Waals surface area contributed by atoms with Gasteiger partial charge in [0.05, 0.1) is 6.10 Å². The minimum absolute atomic E-state index is 0.118. The van der Waals surface area contributed by atoms with Gasteiger partial charge in [0.2, 0.25) is 0 Å². The van der Waals surface area contributed by atoms with Crippen LogP contribution in [0.1, 0.15) is 82.0 Å². The number of hydrogen-bond donors (Lipinski definition) is 2. The number of aliphatic hydroxyl groups excluding tert-OH is 1. The van der Waals surface area contributed by atoms with Crippen molar-refractivity contribution >= 4 is 0 Å². The van der Waals surface area contributed by atoms with Crippen LogP contribution in [-0.2, 0) is 6.42 Å². The number of benzene rings is 1. The topological polar surface area (TPSA) is 53.4 Å². The normalized spacial score (nSPS) is 12.9. The summed E-state index contributed by atoms with van der Waals surface area (Å²) >= 11 is 0. The fourth-order valence-electron chi connectivity index (χ4n) is 3.40. The molecule has 0 fully saturated rings. The number of phenols is 1. The Morgan fingerprint density at radius 3 is 2.08 bits per heavy atom. The molecule has 0 aliphatic carbocycles. The third-order valence-electron chi connectivity index (χ3n) is 4.49. The second kappa shape index (κ2) is 7.52. The minimum atomic E-state index is -0.740. The van der Waals surface area contributed by atoms with E-state index in [0.717, 1.165) is 34.1 Å². The number of phenolic OH excluding ortho intramolecular Hbond substituents is 1. The van der Waals surface area contributed by atoms with Gasteiger partial charge in [-0.15, -0.1) is 0 Å². The molecule has 0 aliphatic heterocycles. The fraction of sp³-hybridized carbons (Fsp3) is 0.476. The Balaban J connectivity index is 3.00. The zero-order chi connectivity index (χ0) is 18.9. The van der Waals surface area contributed by atoms with E-state index in [1.165, 1.54) is 6.07 Å². The van der Waals surface area contributed by atoms with Gasteiger partial charge in [-0.2, -0.15) is 0 Å². The summed E-state index contributed by atoms with van der Waals surface area (Å²) < 4.78 is 13.5. The molecule has 0 bridgehead atoms. The van der Waals surface area contributed by atoms with Gasteiger partial charge in [-0.25, -0.2) is 4.39 Å². The maximum atomic E-state index is 13.5. The van der Waals surface area contributed by atoms with E-state index in [9.17, 15) is 14.6 Å². The largest absolute Gasteiger partial charge is 0.507 e. The van der Waals surface area contributed by atoms with Gasteiger partial charge in [0.1, 0.15) is 11.6 Å². The van der Waals surface area contributed by atoms with Crippen LogP contribution in [0.5, 0.6) is 5.75 Å². The SMILES string of the molecule is CCc1c(C(C)C)nc(C(C)C)c([C@@H](C)O)c1-c1ccc(F)cc1O. The Kier molecular flexibility index (Phi) is 5.83. The smallest absolute Gasteiger partial charge is 0.126 e. The zero-order valence-corrected chi connectivity index (χ0v) is 15.9. The fourth-order valence-corrected chi connectivity index (χ4v) is 3.40. The lowest BCUT2D eigenvalue weighted by atomic mass is 9.84. The van der Waals surface area contributed by atoms with Crippen molar-refractivity contribution in [2.75, 3.05) is 0 Å². The van der Waals surface area contributed by atoms with Crippen molar-refractivity contribution < 1.29 is 14.6 Å². The first-order valence-electron chi connectivity index (χ1n) is 8.92. The predicted octanol–water partition coefficient (Wildman–Crippen LogP) is 5.46. The molecule has 1 heterocycles. The Morgan fingerprint density at radius 2 is 1.64 bits per heavy atom. The van der Waals surface area contributed by atoms with E-state index >= 15 is 0 Å². The highest BCUT2D eigenvalue weighted by atomic mass is 19.1. The lowest BCUT2D eigenvalue weighted by molar-refractivity contribution is 0.197. The van der Waals surface area contributed by atoms with Crippen LogP contribution in [0, 0.1) is 5.82 Å². The van der Waals surface area contributed by atoms with Gasteiger partial charge in [-0.05, 0) is 48.4 Å². The van der Waals surface area contributed by atoms with Crippen LogP contribution in [0.4, 0.5) is 4.39 Å². The Bertz CT molecular complexity index is 767. The first kappa shape index (κ1) is 19.4. The van der Waals surface area contributed by atoms with E-state index in [0.29, 0.717) is 12.0 Å². The van der Waals surface area contributed by atoms with Crippen molar-refractivity contribution in [3.63, 3.8) is 0 Å². The maximum Gasteiger partial charge on any atom is 0.126 e. The molecule has 2 rings (SSSR count). The molecule has 0 saturated carbocycles. The van der Waals surface area contributed by atoms with E-state index < -0.39 is 11.9 Å². The molecule has 2 aromatic rings. The standard InChI is InChI=1S/C21H28FNO2/c1-7-15-19(16-9-8-14(22)10-17(16)25)18(13(6)24)21(12(4)5)23-20(15)11(2)3/h8-13,24-25H,7H2,1-6H3/t13-/m1/s1. The third kappa shape index (κ3) is 3.69. The molecule has 2 N–H and O–H groups in total. The lowest BCUT2D eigenvalue weighted by Gasteiger charge is -2.26. The van der Waals surface area contributed by atoms with E-state index in [-0.39, 0.29) is 17.6 Å². The number of aromatic nitrogens is 1. The summed E-state index contributed by atoms with van der Waals surface area (Å²) in [7, 11) is 0. The molecule has 4 heteroatoms. The molecule has 0 radical (unpaired) electrons. The lowest BCUT2D eigenvalue weighted by Crippen LogP contribution is -2.13. The first-order valence-corrected chi connectivity index (χ1v) is 8.92. The molecule has 0 amide bonds. The van der Waals surface area contributed by atoms with Crippen molar-refractivity contribution in [1.29, 1.82) is 0 Å². The molecule has 136 valence electrons. The molecular formula is C21H28FNO2. The number of pyridine rings is 1.